The van der Waals surface area contributed by atoms with Crippen molar-refractivity contribution < 1.29 is 68.3 Å². The lowest BCUT2D eigenvalue weighted by atomic mass is 9.93. The van der Waals surface area contributed by atoms with Gasteiger partial charge in [0, 0.05) is 94.4 Å². The Bertz CT molecular complexity index is 2550. The first-order valence-corrected chi connectivity index (χ1v) is 27.8. The molecule has 6 rings (SSSR count). The number of nitrogens with one attached hydrogen (secondary N) is 9. The van der Waals surface area contributed by atoms with Gasteiger partial charge in [-0.25, -0.2) is 4.79 Å². The summed E-state index contributed by atoms with van der Waals surface area (Å²) in [6.07, 6.45) is -4.10. The molecule has 15 N–H and O–H groups in total. The zero-order chi connectivity index (χ0) is 57.9. The van der Waals surface area contributed by atoms with Gasteiger partial charge in [-0.15, -0.1) is 11.8 Å². The van der Waals surface area contributed by atoms with E-state index in [2.05, 4.69) is 57.3 Å². The van der Waals surface area contributed by atoms with Crippen LogP contribution in [-0.2, 0) is 56.1 Å². The zero-order valence-corrected chi connectivity index (χ0v) is 46.5. The third kappa shape index (κ3) is 16.9. The first kappa shape index (κ1) is 61.9. The number of aliphatic hydroxyl groups excluding tert-OH is 3. The van der Waals surface area contributed by atoms with Crippen LogP contribution in [0.5, 0.6) is 5.75 Å². The van der Waals surface area contributed by atoms with Gasteiger partial charge in [-0.1, -0.05) is 27.2 Å². The predicted octanol–water partition coefficient (Wildman–Crippen LogP) is -3.82. The number of aromatic hydroxyl groups is 1. The number of phenols is 1. The Morgan fingerprint density at radius 2 is 1.57 bits per heavy atom. The fraction of sp³-hybridized carbons (Fsp3) is 0.667. The molecule has 438 valence electrons. The molecule has 27 nitrogen and oxygen atoms in total. The van der Waals surface area contributed by atoms with Crippen LogP contribution in [0.1, 0.15) is 71.9 Å². The molecule has 1 aromatic carbocycles. The van der Waals surface area contributed by atoms with Crippen molar-refractivity contribution in [3.05, 3.63) is 23.3 Å². The molecule has 0 radical (unpaired) electrons. The summed E-state index contributed by atoms with van der Waals surface area (Å²) in [5, 5.41) is 66.2. The number of hydrogen-bond donors (Lipinski definition) is 14. The van der Waals surface area contributed by atoms with Crippen molar-refractivity contribution in [2.45, 2.75) is 133 Å². The normalized spacial score (nSPS) is 26.3. The third-order valence-corrected chi connectivity index (χ3v) is 15.8. The van der Waals surface area contributed by atoms with Crippen LogP contribution in [0.25, 0.3) is 10.9 Å². The van der Waals surface area contributed by atoms with Crippen molar-refractivity contribution in [2.24, 2.45) is 17.6 Å². The predicted molar refractivity (Wildman–Crippen MR) is 288 cm³/mol. The minimum atomic E-state index is -1.70. The van der Waals surface area contributed by atoms with E-state index in [1.165, 1.54) is 24.8 Å². The van der Waals surface area contributed by atoms with Crippen LogP contribution < -0.4 is 48.3 Å². The highest BCUT2D eigenvalue weighted by Gasteiger charge is 2.44. The molecule has 0 saturated carbocycles. The highest BCUT2D eigenvalue weighted by atomic mass is 32.2. The van der Waals surface area contributed by atoms with Crippen LogP contribution in [0, 0.1) is 11.8 Å². The number of hydrogen-bond acceptors (Lipinski definition) is 18. The Morgan fingerprint density at radius 1 is 0.899 bits per heavy atom. The van der Waals surface area contributed by atoms with Gasteiger partial charge in [0.2, 0.25) is 47.3 Å². The van der Waals surface area contributed by atoms with Crippen molar-refractivity contribution in [3.8, 4) is 5.75 Å². The lowest BCUT2D eigenvalue weighted by Crippen LogP contribution is -2.61. The van der Waals surface area contributed by atoms with E-state index in [1.54, 1.807) is 40.7 Å². The van der Waals surface area contributed by atoms with Crippen LogP contribution in [-0.4, -0.2) is 225 Å². The number of fused-ring (bicyclic) bond motifs is 5. The summed E-state index contributed by atoms with van der Waals surface area (Å²) in [6, 6.07) is -5.01. The number of aromatic nitrogens is 1. The standard InChI is InChI=1S/C51H79N13O14S/c1-7-26(2)41-46(74)56-20-39(70)57-28-19-54-34(18-38(52)69)49(76)64-22-29(66)16-35(64)45(73)60-42(27(3)37(68)24-65)47(75)58-33(44(72)55-21-40(71)59-41)17-31-30-8-9-36(67)32(43(30)61-48(31)79-25-28)23-63-14-12-62(13-15-63)11-10-53-50(77)78-51(4,5)6/h8-9,26-29,33-35,37,41-42,54,61,65-68H,7,10-25H2,1-6H3,(H2,52,69)(H,53,77)(H,55,72)(H,56,74)(H,57,70)(H,58,75)(H,59,71)(H,60,73)/t26-,27-,28+,29+,33+,34-,35-,37-,41-,42-/m0/s1. The van der Waals surface area contributed by atoms with Gasteiger partial charge in [0.1, 0.15) is 35.5 Å². The number of aromatic amines is 1. The number of ether oxygens (including phenoxy) is 1. The van der Waals surface area contributed by atoms with Gasteiger partial charge in [-0.2, -0.15) is 0 Å². The molecule has 2 fully saturated rings. The maximum absolute atomic E-state index is 14.8. The molecule has 2 bridgehead atoms. The van der Waals surface area contributed by atoms with E-state index in [-0.39, 0.29) is 44.0 Å². The third-order valence-electron chi connectivity index (χ3n) is 14.6. The summed E-state index contributed by atoms with van der Waals surface area (Å²) in [7, 11) is 0. The van der Waals surface area contributed by atoms with E-state index in [0.717, 1.165) is 4.90 Å². The second kappa shape index (κ2) is 27.7. The molecule has 4 aliphatic heterocycles. The van der Waals surface area contributed by atoms with Crippen molar-refractivity contribution in [1.29, 1.82) is 0 Å². The van der Waals surface area contributed by atoms with Crippen LogP contribution in [0.4, 0.5) is 4.79 Å². The number of H-pyrrole nitrogens is 1. The quantitative estimate of drug-likeness (QED) is 0.0968. The van der Waals surface area contributed by atoms with E-state index >= 15 is 0 Å². The Kier molecular flexibility index (Phi) is 21.7. The molecule has 28 heteroatoms. The maximum Gasteiger partial charge on any atom is 0.407 e. The van der Waals surface area contributed by atoms with E-state index in [1.807, 2.05) is 0 Å². The van der Waals surface area contributed by atoms with Crippen LogP contribution >= 0.6 is 11.8 Å². The van der Waals surface area contributed by atoms with Crippen molar-refractivity contribution >= 4 is 76.0 Å². The number of carbonyl (C=O) groups is 9. The molecule has 2 aromatic rings. The van der Waals surface area contributed by atoms with Gasteiger partial charge in [-0.3, -0.25) is 48.2 Å². The number of carbonyl (C=O) groups excluding carboxylic acids is 9. The minimum Gasteiger partial charge on any atom is -0.508 e. The first-order valence-electron chi connectivity index (χ1n) is 26.8. The van der Waals surface area contributed by atoms with E-state index in [9.17, 15) is 63.6 Å². The Hall–Kier alpha value is -6.30. The minimum absolute atomic E-state index is 0.0108. The van der Waals surface area contributed by atoms with E-state index in [0.29, 0.717) is 72.7 Å². The molecule has 9 amide bonds. The van der Waals surface area contributed by atoms with E-state index in [4.69, 9.17) is 10.5 Å². The highest BCUT2D eigenvalue weighted by Crippen LogP contribution is 2.37. The van der Waals surface area contributed by atoms with Gasteiger partial charge >= 0.3 is 6.09 Å². The molecule has 79 heavy (non-hydrogen) atoms. The molecule has 5 heterocycles. The van der Waals surface area contributed by atoms with E-state index < -0.39 is 145 Å². The molecule has 1 aromatic heterocycles. The fourth-order valence-electron chi connectivity index (χ4n) is 9.95. The molecule has 2 saturated heterocycles. The summed E-state index contributed by atoms with van der Waals surface area (Å²) in [5.74, 6) is -8.43. The summed E-state index contributed by atoms with van der Waals surface area (Å²) >= 11 is 1.17. The van der Waals surface area contributed by atoms with Crippen LogP contribution in [0.2, 0.25) is 0 Å². The number of thioether (sulfide) groups is 1. The van der Waals surface area contributed by atoms with Crippen molar-refractivity contribution in [2.75, 3.05) is 77.8 Å². The average molecular weight is 1130 g/mol. The van der Waals surface area contributed by atoms with Crippen LogP contribution in [0.15, 0.2) is 17.2 Å². The Balaban J connectivity index is 1.44. The molecular formula is C51H79N13O14S. The number of benzene rings is 1. The van der Waals surface area contributed by atoms with Crippen molar-refractivity contribution in [1.82, 2.24) is 62.2 Å². The first-order chi connectivity index (χ1) is 37.3. The lowest BCUT2D eigenvalue weighted by molar-refractivity contribution is -0.142. The second-order valence-electron chi connectivity index (χ2n) is 21.8. The number of alkyl carbamates (subject to hydrolysis) is 1. The summed E-state index contributed by atoms with van der Waals surface area (Å²) in [6.45, 7) is 11.3. The zero-order valence-electron chi connectivity index (χ0n) is 45.6. The highest BCUT2D eigenvalue weighted by molar-refractivity contribution is 7.99. The van der Waals surface area contributed by atoms with Gasteiger partial charge in [0.05, 0.1) is 61.0 Å². The summed E-state index contributed by atoms with van der Waals surface area (Å²) in [5.41, 5.74) is 6.44. The molecule has 0 aliphatic carbocycles. The average Bonchev–Trinajstić information content (AvgIpc) is 4.23. The maximum atomic E-state index is 14.8. The molecule has 0 unspecified atom stereocenters. The lowest BCUT2D eigenvalue weighted by Gasteiger charge is -2.35. The number of aliphatic hydroxyl groups is 3. The molecular weight excluding hydrogens is 1050 g/mol. The number of nitrogens with two attached hydrogens (primary N) is 1. The summed E-state index contributed by atoms with van der Waals surface area (Å²) in [4.78, 5) is 133. The Morgan fingerprint density at radius 3 is 2.23 bits per heavy atom. The number of phenolic OH excluding ortho intramolecular Hbond substituents is 1. The van der Waals surface area contributed by atoms with Gasteiger partial charge in [0.15, 0.2) is 0 Å². The topological polar surface area (TPSA) is 392 Å². The largest absolute Gasteiger partial charge is 0.508 e. The number of primary amides is 1. The Labute approximate surface area is 462 Å². The van der Waals surface area contributed by atoms with Gasteiger partial charge in [0.25, 0.3) is 0 Å². The number of piperazine rings is 1. The monoisotopic (exact) mass is 1130 g/mol. The second-order valence-corrected chi connectivity index (χ2v) is 22.8. The summed E-state index contributed by atoms with van der Waals surface area (Å²) < 4.78 is 5.35. The van der Waals surface area contributed by atoms with Gasteiger partial charge in [-0.05, 0) is 44.4 Å². The molecule has 4 aliphatic rings. The molecule has 10 atom stereocenters. The van der Waals surface area contributed by atoms with Gasteiger partial charge < -0.3 is 83.3 Å². The number of amides is 9. The fourth-order valence-corrected chi connectivity index (χ4v) is 11.1. The van der Waals surface area contributed by atoms with Crippen molar-refractivity contribution in [3.63, 3.8) is 0 Å². The number of nitrogens with zero attached hydrogens (tertiary/aromatic N) is 3. The molecule has 0 spiro atoms. The number of rotatable bonds is 12. The SMILES string of the molecule is CC[C@H](C)[C@@H]1NC(=O)CNC(=O)[C@H]2Cc3c([nH]c4c(CN5CCN(CCNC(=O)OC(C)(C)C)CC5)c(O)ccc34)SC[C@@H](CN[C@@H](CC(N)=O)C(=O)N3C[C@H](O)C[C@H]3C(=O)N[C@@H]([C@@H](C)[C@@H](O)CO)C(=O)N2)NC(=O)CNC1=O. The smallest absolute Gasteiger partial charge is 0.407 e. The van der Waals surface area contributed by atoms with Crippen LogP contribution in [0.3, 0.4) is 0 Å².